The molecule has 4 nitrogen and oxygen atoms in total. The van der Waals surface area contributed by atoms with E-state index >= 15 is 0 Å². The number of benzene rings is 1. The highest BCUT2D eigenvalue weighted by atomic mass is 19.4. The zero-order valence-electron chi connectivity index (χ0n) is 12.6. The molecule has 0 radical (unpaired) electrons. The topological polar surface area (TPSA) is 51.2 Å². The number of alkyl halides is 3. The Bertz CT molecular complexity index is 729. The molecule has 1 unspecified atom stereocenters. The summed E-state index contributed by atoms with van der Waals surface area (Å²) in [4.78, 5) is 16.5. The molecule has 0 aliphatic carbocycles. The van der Waals surface area contributed by atoms with Crippen molar-refractivity contribution < 1.29 is 22.7 Å². The maximum absolute atomic E-state index is 12.5. The van der Waals surface area contributed by atoms with E-state index in [0.717, 1.165) is 17.7 Å². The number of ether oxygens (including phenoxy) is 1. The highest BCUT2D eigenvalue weighted by Gasteiger charge is 2.30. The second-order valence-corrected chi connectivity index (χ2v) is 5.50. The summed E-state index contributed by atoms with van der Waals surface area (Å²) in [6, 6.07) is 8.28. The molecule has 0 bridgehead atoms. The molecule has 2 aromatic rings. The first kappa shape index (κ1) is 16.3. The van der Waals surface area contributed by atoms with E-state index < -0.39 is 11.7 Å². The van der Waals surface area contributed by atoms with Crippen molar-refractivity contribution in [1.29, 1.82) is 0 Å². The van der Waals surface area contributed by atoms with Crippen LogP contribution in [0.2, 0.25) is 0 Å². The van der Waals surface area contributed by atoms with Crippen molar-refractivity contribution in [3.8, 4) is 5.88 Å². The molecule has 1 aromatic heterocycles. The van der Waals surface area contributed by atoms with Crippen LogP contribution < -0.4 is 10.1 Å². The summed E-state index contributed by atoms with van der Waals surface area (Å²) in [5.41, 5.74) is 0.630. The number of amides is 1. The first-order chi connectivity index (χ1) is 11.4. The van der Waals surface area contributed by atoms with E-state index in [1.807, 2.05) is 0 Å². The number of nitrogens with one attached hydrogen (secondary N) is 1. The molecule has 1 aliphatic rings. The van der Waals surface area contributed by atoms with Crippen LogP contribution in [0, 0.1) is 0 Å². The van der Waals surface area contributed by atoms with Gasteiger partial charge in [0.25, 0.3) is 0 Å². The minimum atomic E-state index is -4.36. The number of aromatic nitrogens is 1. The molecule has 1 aromatic carbocycles. The molecule has 24 heavy (non-hydrogen) atoms. The van der Waals surface area contributed by atoms with Gasteiger partial charge in [-0.3, -0.25) is 4.79 Å². The zero-order chi connectivity index (χ0) is 17.2. The Morgan fingerprint density at radius 2 is 2.00 bits per heavy atom. The van der Waals surface area contributed by atoms with Gasteiger partial charge in [0.2, 0.25) is 11.8 Å². The standard InChI is InChI=1S/C17H15F3N2O2/c18-17(19,20)12-5-3-11(4-6-12)10-22-15(23)13-7-9-24-16-14(13)2-1-8-21-16/h1-6,8,13H,7,9-10H2,(H,22,23). The van der Waals surface area contributed by atoms with Gasteiger partial charge in [-0.2, -0.15) is 13.2 Å². The van der Waals surface area contributed by atoms with Gasteiger partial charge in [-0.15, -0.1) is 0 Å². The van der Waals surface area contributed by atoms with Gasteiger partial charge >= 0.3 is 6.18 Å². The van der Waals surface area contributed by atoms with Crippen LogP contribution in [0.15, 0.2) is 42.6 Å². The monoisotopic (exact) mass is 336 g/mol. The lowest BCUT2D eigenvalue weighted by Gasteiger charge is -2.24. The molecule has 7 heteroatoms. The summed E-state index contributed by atoms with van der Waals surface area (Å²) < 4.78 is 43.0. The second-order valence-electron chi connectivity index (χ2n) is 5.50. The van der Waals surface area contributed by atoms with Crippen LogP contribution in [0.25, 0.3) is 0 Å². The van der Waals surface area contributed by atoms with E-state index in [1.165, 1.54) is 12.1 Å². The molecule has 0 saturated heterocycles. The molecule has 126 valence electrons. The lowest BCUT2D eigenvalue weighted by molar-refractivity contribution is -0.137. The lowest BCUT2D eigenvalue weighted by Crippen LogP contribution is -2.32. The third-order valence-electron chi connectivity index (χ3n) is 3.89. The Balaban J connectivity index is 1.64. The smallest absolute Gasteiger partial charge is 0.416 e. The number of hydrogen-bond donors (Lipinski definition) is 1. The van der Waals surface area contributed by atoms with E-state index in [9.17, 15) is 18.0 Å². The van der Waals surface area contributed by atoms with Crippen LogP contribution in [-0.2, 0) is 17.5 Å². The Morgan fingerprint density at radius 3 is 2.71 bits per heavy atom. The fraction of sp³-hybridized carbons (Fsp3) is 0.294. The predicted molar refractivity (Wildman–Crippen MR) is 80.4 cm³/mol. The van der Waals surface area contributed by atoms with Crippen LogP contribution in [-0.4, -0.2) is 17.5 Å². The van der Waals surface area contributed by atoms with Crippen molar-refractivity contribution in [2.75, 3.05) is 6.61 Å². The Morgan fingerprint density at radius 1 is 1.25 bits per heavy atom. The van der Waals surface area contributed by atoms with E-state index in [4.69, 9.17) is 4.74 Å². The number of hydrogen-bond acceptors (Lipinski definition) is 3. The summed E-state index contributed by atoms with van der Waals surface area (Å²) in [6.45, 7) is 0.576. The normalized spacial score (nSPS) is 16.9. The van der Waals surface area contributed by atoms with E-state index in [1.54, 1.807) is 18.3 Å². The van der Waals surface area contributed by atoms with Gasteiger partial charge < -0.3 is 10.1 Å². The van der Waals surface area contributed by atoms with Gasteiger partial charge in [0, 0.05) is 18.3 Å². The minimum absolute atomic E-state index is 0.171. The van der Waals surface area contributed by atoms with Crippen molar-refractivity contribution in [3.05, 3.63) is 59.3 Å². The fourth-order valence-electron chi connectivity index (χ4n) is 2.61. The first-order valence-electron chi connectivity index (χ1n) is 7.47. The molecule has 1 amide bonds. The zero-order valence-corrected chi connectivity index (χ0v) is 12.6. The number of carbonyl (C=O) groups is 1. The van der Waals surface area contributed by atoms with Crippen LogP contribution in [0.3, 0.4) is 0 Å². The van der Waals surface area contributed by atoms with Crippen molar-refractivity contribution in [1.82, 2.24) is 10.3 Å². The summed E-state index contributed by atoms with van der Waals surface area (Å²) in [5, 5.41) is 2.76. The van der Waals surface area contributed by atoms with Crippen LogP contribution in [0.1, 0.15) is 29.0 Å². The van der Waals surface area contributed by atoms with Crippen molar-refractivity contribution in [3.63, 3.8) is 0 Å². The highest BCUT2D eigenvalue weighted by molar-refractivity contribution is 5.84. The van der Waals surface area contributed by atoms with E-state index in [0.29, 0.717) is 24.5 Å². The maximum atomic E-state index is 12.5. The molecular weight excluding hydrogens is 321 g/mol. The fourth-order valence-corrected chi connectivity index (χ4v) is 2.61. The number of fused-ring (bicyclic) bond motifs is 1. The molecule has 0 fully saturated rings. The maximum Gasteiger partial charge on any atom is 0.416 e. The summed E-state index contributed by atoms with van der Waals surface area (Å²) >= 11 is 0. The quantitative estimate of drug-likeness (QED) is 0.936. The number of carbonyl (C=O) groups excluding carboxylic acids is 1. The largest absolute Gasteiger partial charge is 0.477 e. The van der Waals surface area contributed by atoms with Crippen LogP contribution in [0.5, 0.6) is 5.88 Å². The Labute approximate surface area is 136 Å². The SMILES string of the molecule is O=C(NCc1ccc(C(F)(F)F)cc1)C1CCOc2ncccc21. The Kier molecular flexibility index (Phi) is 4.42. The number of nitrogens with zero attached hydrogens (tertiary/aromatic N) is 1. The van der Waals surface area contributed by atoms with Gasteiger partial charge in [-0.1, -0.05) is 18.2 Å². The van der Waals surface area contributed by atoms with E-state index in [2.05, 4.69) is 10.3 Å². The van der Waals surface area contributed by atoms with Crippen molar-refractivity contribution >= 4 is 5.91 Å². The molecule has 2 heterocycles. The summed E-state index contributed by atoms with van der Waals surface area (Å²) in [5.74, 6) is -0.0947. The molecule has 0 saturated carbocycles. The average molecular weight is 336 g/mol. The number of rotatable bonds is 3. The molecule has 3 rings (SSSR count). The highest BCUT2D eigenvalue weighted by Crippen LogP contribution is 2.32. The average Bonchev–Trinajstić information content (AvgIpc) is 2.59. The molecule has 1 N–H and O–H groups in total. The molecule has 0 spiro atoms. The summed E-state index contributed by atoms with van der Waals surface area (Å²) in [6.07, 6.45) is -2.22. The lowest BCUT2D eigenvalue weighted by atomic mass is 9.94. The Hall–Kier alpha value is -2.57. The first-order valence-corrected chi connectivity index (χ1v) is 7.47. The van der Waals surface area contributed by atoms with Gasteiger partial charge in [-0.05, 0) is 30.2 Å². The minimum Gasteiger partial charge on any atom is -0.477 e. The van der Waals surface area contributed by atoms with E-state index in [-0.39, 0.29) is 18.4 Å². The molecule has 1 atom stereocenters. The number of halogens is 3. The third-order valence-corrected chi connectivity index (χ3v) is 3.89. The summed E-state index contributed by atoms with van der Waals surface area (Å²) in [7, 11) is 0. The van der Waals surface area contributed by atoms with Crippen LogP contribution in [0.4, 0.5) is 13.2 Å². The molecule has 1 aliphatic heterocycles. The predicted octanol–water partition coefficient (Wildman–Crippen LogP) is 3.28. The van der Waals surface area contributed by atoms with Gasteiger partial charge in [0.1, 0.15) is 0 Å². The van der Waals surface area contributed by atoms with Crippen molar-refractivity contribution in [2.24, 2.45) is 0 Å². The van der Waals surface area contributed by atoms with Crippen molar-refractivity contribution in [2.45, 2.75) is 25.1 Å². The van der Waals surface area contributed by atoms with Crippen LogP contribution >= 0.6 is 0 Å². The third kappa shape index (κ3) is 3.50. The molecular formula is C17H15F3N2O2. The van der Waals surface area contributed by atoms with Gasteiger partial charge in [0.05, 0.1) is 18.1 Å². The van der Waals surface area contributed by atoms with Gasteiger partial charge in [-0.25, -0.2) is 4.98 Å². The van der Waals surface area contributed by atoms with Gasteiger partial charge in [0.15, 0.2) is 0 Å². The number of pyridine rings is 1. The second kappa shape index (κ2) is 6.51.